The zero-order chi connectivity index (χ0) is 13.0. The lowest BCUT2D eigenvalue weighted by Gasteiger charge is -2.30. The predicted octanol–water partition coefficient (Wildman–Crippen LogP) is 0.825. The SMILES string of the molecule is CC(C)[C@H](N)C(=O)N1CCCCCC1C(=O)O. The molecule has 0 aromatic rings. The molecular weight excluding hydrogens is 220 g/mol. The Morgan fingerprint density at radius 1 is 1.29 bits per heavy atom. The summed E-state index contributed by atoms with van der Waals surface area (Å²) in [7, 11) is 0. The van der Waals surface area contributed by atoms with Crippen molar-refractivity contribution in [3.8, 4) is 0 Å². The van der Waals surface area contributed by atoms with E-state index in [0.29, 0.717) is 13.0 Å². The molecule has 0 aromatic carbocycles. The molecule has 5 nitrogen and oxygen atoms in total. The first-order valence-corrected chi connectivity index (χ1v) is 6.24. The average Bonchev–Trinajstić information content (AvgIpc) is 2.51. The van der Waals surface area contributed by atoms with E-state index in [1.165, 1.54) is 4.90 Å². The third-order valence-corrected chi connectivity index (χ3v) is 3.32. The minimum absolute atomic E-state index is 0.0280. The average molecular weight is 242 g/mol. The summed E-state index contributed by atoms with van der Waals surface area (Å²) in [6.07, 6.45) is 3.23. The van der Waals surface area contributed by atoms with E-state index in [-0.39, 0.29) is 11.8 Å². The smallest absolute Gasteiger partial charge is 0.326 e. The lowest BCUT2D eigenvalue weighted by molar-refractivity contribution is -0.151. The molecule has 0 spiro atoms. The molecule has 1 saturated heterocycles. The maximum atomic E-state index is 12.1. The second-order valence-corrected chi connectivity index (χ2v) is 5.00. The fourth-order valence-corrected chi connectivity index (χ4v) is 2.11. The summed E-state index contributed by atoms with van der Waals surface area (Å²) in [6.45, 7) is 4.25. The maximum Gasteiger partial charge on any atom is 0.326 e. The lowest BCUT2D eigenvalue weighted by Crippen LogP contribution is -2.52. The van der Waals surface area contributed by atoms with Crippen LogP contribution in [0.1, 0.15) is 39.5 Å². The van der Waals surface area contributed by atoms with Gasteiger partial charge in [0.25, 0.3) is 0 Å². The van der Waals surface area contributed by atoms with Crippen molar-refractivity contribution in [2.24, 2.45) is 11.7 Å². The van der Waals surface area contributed by atoms with E-state index in [1.807, 2.05) is 13.8 Å². The first-order valence-electron chi connectivity index (χ1n) is 6.24. The van der Waals surface area contributed by atoms with Crippen molar-refractivity contribution in [3.63, 3.8) is 0 Å². The van der Waals surface area contributed by atoms with Crippen LogP contribution in [-0.2, 0) is 9.59 Å². The van der Waals surface area contributed by atoms with Crippen LogP contribution in [-0.4, -0.2) is 40.5 Å². The van der Waals surface area contributed by atoms with E-state index in [4.69, 9.17) is 10.8 Å². The van der Waals surface area contributed by atoms with Gasteiger partial charge in [0, 0.05) is 6.54 Å². The molecule has 1 amide bonds. The highest BCUT2D eigenvalue weighted by molar-refractivity contribution is 5.87. The number of hydrogen-bond acceptors (Lipinski definition) is 3. The van der Waals surface area contributed by atoms with Gasteiger partial charge in [0.05, 0.1) is 6.04 Å². The molecule has 0 aromatic heterocycles. The second kappa shape index (κ2) is 6.00. The van der Waals surface area contributed by atoms with Crippen LogP contribution in [0.2, 0.25) is 0 Å². The zero-order valence-electron chi connectivity index (χ0n) is 10.6. The lowest BCUT2D eigenvalue weighted by atomic mass is 10.0. The minimum atomic E-state index is -0.920. The van der Waals surface area contributed by atoms with Crippen molar-refractivity contribution in [2.45, 2.75) is 51.6 Å². The van der Waals surface area contributed by atoms with Crippen LogP contribution in [0.5, 0.6) is 0 Å². The highest BCUT2D eigenvalue weighted by atomic mass is 16.4. The maximum absolute atomic E-state index is 12.1. The third kappa shape index (κ3) is 3.43. The molecule has 0 aliphatic carbocycles. The van der Waals surface area contributed by atoms with Gasteiger partial charge in [-0.15, -0.1) is 0 Å². The Labute approximate surface area is 102 Å². The number of hydrogen-bond donors (Lipinski definition) is 2. The van der Waals surface area contributed by atoms with Crippen LogP contribution in [0.3, 0.4) is 0 Å². The Kier molecular flexibility index (Phi) is 4.93. The monoisotopic (exact) mass is 242 g/mol. The van der Waals surface area contributed by atoms with Gasteiger partial charge in [0.1, 0.15) is 6.04 Å². The molecule has 0 bridgehead atoms. The van der Waals surface area contributed by atoms with Gasteiger partial charge in [-0.05, 0) is 18.8 Å². The zero-order valence-corrected chi connectivity index (χ0v) is 10.6. The molecule has 1 rings (SSSR count). The molecule has 1 heterocycles. The summed E-state index contributed by atoms with van der Waals surface area (Å²) in [5.41, 5.74) is 5.82. The molecule has 1 fully saturated rings. The Morgan fingerprint density at radius 2 is 1.94 bits per heavy atom. The molecule has 1 unspecified atom stereocenters. The standard InChI is InChI=1S/C12H22N2O3/c1-8(2)10(13)11(15)14-7-5-3-4-6-9(14)12(16)17/h8-10H,3-7,13H2,1-2H3,(H,16,17)/t9?,10-/m0/s1. The van der Waals surface area contributed by atoms with E-state index in [2.05, 4.69) is 0 Å². The normalized spacial score (nSPS) is 23.3. The van der Waals surface area contributed by atoms with Crippen LogP contribution < -0.4 is 5.73 Å². The molecule has 5 heteroatoms. The summed E-state index contributed by atoms with van der Waals surface area (Å²) in [5.74, 6) is -1.12. The van der Waals surface area contributed by atoms with Crippen LogP contribution in [0.25, 0.3) is 0 Å². The van der Waals surface area contributed by atoms with Gasteiger partial charge in [0.15, 0.2) is 0 Å². The van der Waals surface area contributed by atoms with Crippen molar-refractivity contribution in [1.82, 2.24) is 4.90 Å². The molecule has 2 atom stereocenters. The molecular formula is C12H22N2O3. The number of carbonyl (C=O) groups excluding carboxylic acids is 1. The van der Waals surface area contributed by atoms with Crippen LogP contribution >= 0.6 is 0 Å². The third-order valence-electron chi connectivity index (χ3n) is 3.32. The summed E-state index contributed by atoms with van der Waals surface area (Å²) in [5, 5.41) is 9.17. The van der Waals surface area contributed by atoms with Gasteiger partial charge in [-0.1, -0.05) is 26.7 Å². The van der Waals surface area contributed by atoms with E-state index in [9.17, 15) is 9.59 Å². The van der Waals surface area contributed by atoms with Crippen molar-refractivity contribution in [3.05, 3.63) is 0 Å². The van der Waals surface area contributed by atoms with Crippen LogP contribution in [0.15, 0.2) is 0 Å². The molecule has 0 saturated carbocycles. The highest BCUT2D eigenvalue weighted by Crippen LogP contribution is 2.19. The Hall–Kier alpha value is -1.10. The summed E-state index contributed by atoms with van der Waals surface area (Å²) >= 11 is 0. The number of carboxylic acid groups (broad SMARTS) is 1. The van der Waals surface area contributed by atoms with Gasteiger partial charge >= 0.3 is 5.97 Å². The van der Waals surface area contributed by atoms with E-state index < -0.39 is 18.1 Å². The number of nitrogens with zero attached hydrogens (tertiary/aromatic N) is 1. The molecule has 1 aliphatic rings. The van der Waals surface area contributed by atoms with E-state index >= 15 is 0 Å². The van der Waals surface area contributed by atoms with Gasteiger partial charge in [-0.2, -0.15) is 0 Å². The second-order valence-electron chi connectivity index (χ2n) is 5.00. The minimum Gasteiger partial charge on any atom is -0.480 e. The molecule has 17 heavy (non-hydrogen) atoms. The van der Waals surface area contributed by atoms with Gasteiger partial charge in [-0.3, -0.25) is 4.79 Å². The first kappa shape index (κ1) is 14.0. The number of aliphatic carboxylic acids is 1. The van der Waals surface area contributed by atoms with E-state index in [1.54, 1.807) is 0 Å². The molecule has 98 valence electrons. The number of nitrogens with two attached hydrogens (primary N) is 1. The predicted molar refractivity (Wildman–Crippen MR) is 64.4 cm³/mol. The number of amides is 1. The fraction of sp³-hybridized carbons (Fsp3) is 0.833. The van der Waals surface area contributed by atoms with Crippen LogP contribution in [0.4, 0.5) is 0 Å². The number of carbonyl (C=O) groups is 2. The molecule has 3 N–H and O–H groups in total. The van der Waals surface area contributed by atoms with Gasteiger partial charge in [-0.25, -0.2) is 4.79 Å². The fourth-order valence-electron chi connectivity index (χ4n) is 2.11. The van der Waals surface area contributed by atoms with Gasteiger partial charge < -0.3 is 15.7 Å². The van der Waals surface area contributed by atoms with Crippen molar-refractivity contribution in [1.29, 1.82) is 0 Å². The number of carboxylic acids is 1. The topological polar surface area (TPSA) is 83.6 Å². The molecule has 1 aliphatic heterocycles. The van der Waals surface area contributed by atoms with Gasteiger partial charge in [0.2, 0.25) is 5.91 Å². The first-order chi connectivity index (χ1) is 7.95. The largest absolute Gasteiger partial charge is 0.480 e. The Bertz CT molecular complexity index is 291. The van der Waals surface area contributed by atoms with E-state index in [0.717, 1.165) is 19.3 Å². The van der Waals surface area contributed by atoms with Crippen LogP contribution in [0, 0.1) is 5.92 Å². The van der Waals surface area contributed by atoms with Crippen molar-refractivity contribution >= 4 is 11.9 Å². The number of rotatable bonds is 3. The Morgan fingerprint density at radius 3 is 2.47 bits per heavy atom. The van der Waals surface area contributed by atoms with Crippen molar-refractivity contribution in [2.75, 3.05) is 6.54 Å². The summed E-state index contributed by atoms with van der Waals surface area (Å²) in [4.78, 5) is 24.8. The molecule has 0 radical (unpaired) electrons. The summed E-state index contributed by atoms with van der Waals surface area (Å²) in [6, 6.07) is -1.30. The summed E-state index contributed by atoms with van der Waals surface area (Å²) < 4.78 is 0. The number of likely N-dealkylation sites (tertiary alicyclic amines) is 1. The highest BCUT2D eigenvalue weighted by Gasteiger charge is 2.33. The Balaban J connectivity index is 2.82. The van der Waals surface area contributed by atoms with Crippen molar-refractivity contribution < 1.29 is 14.7 Å². The quantitative estimate of drug-likeness (QED) is 0.767.